The summed E-state index contributed by atoms with van der Waals surface area (Å²) in [6.45, 7) is 18.2. The van der Waals surface area contributed by atoms with Crippen molar-refractivity contribution in [1.29, 1.82) is 0 Å². The van der Waals surface area contributed by atoms with Gasteiger partial charge in [0.15, 0.2) is 0 Å². The van der Waals surface area contributed by atoms with Gasteiger partial charge in [0.25, 0.3) is 0 Å². The molecule has 270 valence electrons. The molecule has 0 saturated heterocycles. The average molecular weight is 705 g/mol. The first kappa shape index (κ1) is 46.6. The Morgan fingerprint density at radius 1 is 0.511 bits per heavy atom. The molecular weight excluding hydrogens is 647 g/mol. The topological polar surface area (TPSA) is 150 Å². The maximum Gasteiger partial charge on any atom is 1.00 e. The Labute approximate surface area is 304 Å². The first-order valence-electron chi connectivity index (χ1n) is 15.8. The molecule has 0 aliphatic carbocycles. The smallest absolute Gasteiger partial charge is 0.726 e. The van der Waals surface area contributed by atoms with Crippen molar-refractivity contribution in [2.75, 3.05) is 119 Å². The quantitative estimate of drug-likeness (QED) is 0.0455. The number of benzene rings is 1. The predicted octanol–water partition coefficient (Wildman–Crippen LogP) is 0.393. The summed E-state index contributed by atoms with van der Waals surface area (Å²) in [7, 11) is -4.67. The largest absolute Gasteiger partial charge is 1.00 e. The van der Waals surface area contributed by atoms with E-state index in [4.69, 9.17) is 42.6 Å². The first-order valence-corrected chi connectivity index (χ1v) is 17.2. The van der Waals surface area contributed by atoms with Gasteiger partial charge in [-0.1, -0.05) is 46.8 Å². The van der Waals surface area contributed by atoms with E-state index in [1.165, 1.54) is 5.56 Å². The summed E-state index contributed by atoms with van der Waals surface area (Å²) in [4.78, 5) is 0. The fourth-order valence-corrected chi connectivity index (χ4v) is 4.76. The summed E-state index contributed by atoms with van der Waals surface area (Å²) >= 11 is 0. The Morgan fingerprint density at radius 3 is 1.11 bits per heavy atom. The van der Waals surface area contributed by atoms with Crippen LogP contribution in [0, 0.1) is 5.41 Å². The fraction of sp³-hybridized carbons (Fsp3) is 0.812. The maximum atomic E-state index is 10.2. The third-order valence-electron chi connectivity index (χ3n) is 6.16. The van der Waals surface area contributed by atoms with E-state index in [1.807, 2.05) is 12.1 Å². The number of hydrogen-bond acceptors (Lipinski definition) is 13. The van der Waals surface area contributed by atoms with Crippen molar-refractivity contribution >= 4 is 10.4 Å². The molecule has 0 aliphatic heterocycles. The summed E-state index contributed by atoms with van der Waals surface area (Å²) in [6.07, 6.45) is 1.11. The van der Waals surface area contributed by atoms with E-state index in [-0.39, 0.29) is 60.2 Å². The molecule has 0 fully saturated rings. The van der Waals surface area contributed by atoms with Crippen molar-refractivity contribution in [1.82, 2.24) is 0 Å². The zero-order chi connectivity index (χ0) is 34.0. The van der Waals surface area contributed by atoms with Crippen LogP contribution in [0.3, 0.4) is 0 Å². The van der Waals surface area contributed by atoms with Gasteiger partial charge in [0, 0.05) is 0 Å². The van der Waals surface area contributed by atoms with Gasteiger partial charge in [0.2, 0.25) is 10.4 Å². The van der Waals surface area contributed by atoms with Crippen molar-refractivity contribution in [3.63, 3.8) is 0 Å². The van der Waals surface area contributed by atoms with E-state index in [0.717, 1.165) is 12.2 Å². The normalized spacial score (nSPS) is 12.3. The molecule has 0 spiro atoms. The molecule has 0 radical (unpaired) electrons. The Morgan fingerprint density at radius 2 is 0.809 bits per heavy atom. The minimum absolute atomic E-state index is 0. The van der Waals surface area contributed by atoms with Gasteiger partial charge in [-0.05, 0) is 34.9 Å². The fourth-order valence-electron chi connectivity index (χ4n) is 4.49. The van der Waals surface area contributed by atoms with Crippen LogP contribution in [0.15, 0.2) is 24.3 Å². The predicted molar refractivity (Wildman–Crippen MR) is 171 cm³/mol. The third kappa shape index (κ3) is 30.1. The molecular formula is C32H57NaO13S. The molecule has 0 amide bonds. The summed E-state index contributed by atoms with van der Waals surface area (Å²) in [5, 5.41) is 0. The number of rotatable bonds is 31. The summed E-state index contributed by atoms with van der Waals surface area (Å²) in [5.41, 5.74) is 1.71. The second-order valence-electron chi connectivity index (χ2n) is 12.1. The van der Waals surface area contributed by atoms with Crippen LogP contribution in [0.4, 0.5) is 0 Å². The minimum Gasteiger partial charge on any atom is -0.726 e. The number of ether oxygens (including phenoxy) is 9. The Hall–Kier alpha value is -0.430. The van der Waals surface area contributed by atoms with Crippen molar-refractivity contribution in [2.24, 2.45) is 5.41 Å². The van der Waals surface area contributed by atoms with E-state index in [2.05, 4.69) is 50.9 Å². The zero-order valence-corrected chi connectivity index (χ0v) is 32.3. The molecule has 1 rings (SSSR count). The average Bonchev–Trinajstić information content (AvgIpc) is 2.97. The van der Waals surface area contributed by atoms with Crippen molar-refractivity contribution in [3.8, 4) is 5.75 Å². The summed E-state index contributed by atoms with van der Waals surface area (Å²) < 4.78 is 83.7. The van der Waals surface area contributed by atoms with E-state index >= 15 is 0 Å². The van der Waals surface area contributed by atoms with E-state index in [0.29, 0.717) is 99.1 Å². The van der Waals surface area contributed by atoms with Crippen LogP contribution in [-0.2, 0) is 57.9 Å². The molecule has 15 heteroatoms. The van der Waals surface area contributed by atoms with Crippen LogP contribution in [0.25, 0.3) is 0 Å². The van der Waals surface area contributed by atoms with Crippen LogP contribution < -0.4 is 34.3 Å². The van der Waals surface area contributed by atoms with Crippen LogP contribution in [0.5, 0.6) is 5.75 Å². The van der Waals surface area contributed by atoms with Crippen molar-refractivity contribution < 1.29 is 89.3 Å². The van der Waals surface area contributed by atoms with Gasteiger partial charge in [-0.15, -0.1) is 0 Å². The molecule has 0 unspecified atom stereocenters. The van der Waals surface area contributed by atoms with Crippen LogP contribution in [-0.4, -0.2) is 132 Å². The number of hydrogen-bond donors (Lipinski definition) is 0. The molecule has 1 aromatic carbocycles. The molecule has 0 bridgehead atoms. The molecule has 13 nitrogen and oxygen atoms in total. The summed E-state index contributed by atoms with van der Waals surface area (Å²) in [6, 6.07) is 8.37. The molecule has 0 aliphatic rings. The van der Waals surface area contributed by atoms with Gasteiger partial charge in [-0.2, -0.15) is 0 Å². The van der Waals surface area contributed by atoms with Crippen LogP contribution >= 0.6 is 0 Å². The zero-order valence-electron chi connectivity index (χ0n) is 29.5. The Balaban J connectivity index is 0.0000212. The van der Waals surface area contributed by atoms with Crippen molar-refractivity contribution in [2.45, 2.75) is 46.5 Å². The molecule has 47 heavy (non-hydrogen) atoms. The van der Waals surface area contributed by atoms with E-state index in [9.17, 15) is 13.0 Å². The standard InChI is InChI=1S/C32H58O13S.Na/c1-31(2,3)28-32(4,5)29-6-8-30(9-7-29)44-26-24-42-22-20-40-18-16-38-14-12-36-10-11-37-13-15-39-17-19-41-21-23-43-25-27-45-46(33,34)35;/h6-9H,10-28H2,1-5H3,(H,33,34,35);/q;+1/p-1. The molecule has 0 atom stereocenters. The second-order valence-corrected chi connectivity index (χ2v) is 13.2. The molecule has 0 N–H and O–H groups in total. The summed E-state index contributed by atoms with van der Waals surface area (Å²) in [5.74, 6) is 0.849. The van der Waals surface area contributed by atoms with Gasteiger partial charge >= 0.3 is 29.6 Å². The molecule has 0 aromatic heterocycles. The van der Waals surface area contributed by atoms with Crippen LogP contribution in [0.1, 0.15) is 46.6 Å². The van der Waals surface area contributed by atoms with Gasteiger partial charge in [-0.3, -0.25) is 4.18 Å². The van der Waals surface area contributed by atoms with Crippen molar-refractivity contribution in [3.05, 3.63) is 29.8 Å². The molecule has 1 aromatic rings. The third-order valence-corrected chi connectivity index (χ3v) is 6.62. The van der Waals surface area contributed by atoms with Gasteiger partial charge in [-0.25, -0.2) is 8.42 Å². The SMILES string of the molecule is CC(C)(C)CC(C)(C)c1ccc(OCCOCCOCCOCCOCCOCCOCCOCCOCCOS(=O)(=O)[O-])cc1.[Na+]. The van der Waals surface area contributed by atoms with Gasteiger partial charge in [0.05, 0.1) is 112 Å². The van der Waals surface area contributed by atoms with Gasteiger partial charge < -0.3 is 47.2 Å². The monoisotopic (exact) mass is 704 g/mol. The Kier molecular flexibility index (Phi) is 28.0. The van der Waals surface area contributed by atoms with Gasteiger partial charge in [0.1, 0.15) is 12.4 Å². The van der Waals surface area contributed by atoms with Crippen LogP contribution in [0.2, 0.25) is 0 Å². The Bertz CT molecular complexity index is 957. The van der Waals surface area contributed by atoms with E-state index < -0.39 is 10.4 Å². The molecule has 0 heterocycles. The minimum atomic E-state index is -4.67. The first-order chi connectivity index (χ1) is 21.9. The second kappa shape index (κ2) is 28.3. The van der Waals surface area contributed by atoms with E-state index in [1.54, 1.807) is 0 Å². The maximum absolute atomic E-state index is 10.2. The molecule has 0 saturated carbocycles.